The van der Waals surface area contributed by atoms with E-state index in [0.29, 0.717) is 23.2 Å². The van der Waals surface area contributed by atoms with Crippen LogP contribution in [0.25, 0.3) is 11.4 Å². The number of nitrogen functional groups attached to an aromatic ring is 1. The number of thioether (sulfide) groups is 1. The summed E-state index contributed by atoms with van der Waals surface area (Å²) in [6.07, 6.45) is 0.510. The van der Waals surface area contributed by atoms with E-state index in [1.165, 1.54) is 34.8 Å². The number of sulfonamides is 1. The van der Waals surface area contributed by atoms with Gasteiger partial charge in [-0.2, -0.15) is 0 Å². The van der Waals surface area contributed by atoms with E-state index in [1.807, 2.05) is 24.3 Å². The average Bonchev–Trinajstić information content (AvgIpc) is 2.92. The van der Waals surface area contributed by atoms with Gasteiger partial charge < -0.3 is 10.6 Å². The zero-order valence-electron chi connectivity index (χ0n) is 13.8. The highest BCUT2D eigenvalue weighted by Crippen LogP contribution is 2.23. The number of nitrogens with two attached hydrogens (primary N) is 1. The standard InChI is InChI=1S/C14H21N5O3S2/c1-18(2)24(20,21)10-4-9-23-14-17-16-13(19(14)15)11-5-7-12(22-3)8-6-11/h5-8H,4,9-10,15H2,1-3H3. The molecule has 1 aromatic heterocycles. The Bertz CT molecular complexity index is 772. The molecule has 0 amide bonds. The van der Waals surface area contributed by atoms with Crippen LogP contribution in [0, 0.1) is 0 Å². The molecule has 2 N–H and O–H groups in total. The third-order valence-electron chi connectivity index (χ3n) is 3.35. The van der Waals surface area contributed by atoms with Crippen LogP contribution in [0.4, 0.5) is 0 Å². The van der Waals surface area contributed by atoms with Crippen LogP contribution in [0.1, 0.15) is 6.42 Å². The van der Waals surface area contributed by atoms with Crippen LogP contribution < -0.4 is 10.6 Å². The highest BCUT2D eigenvalue weighted by molar-refractivity contribution is 7.99. The lowest BCUT2D eigenvalue weighted by molar-refractivity contribution is 0.415. The Kier molecular flexibility index (Phi) is 6.08. The van der Waals surface area contributed by atoms with Gasteiger partial charge in [0.2, 0.25) is 15.2 Å². The molecule has 0 saturated heterocycles. The van der Waals surface area contributed by atoms with Gasteiger partial charge in [-0.15, -0.1) is 10.2 Å². The van der Waals surface area contributed by atoms with Gasteiger partial charge in [-0.3, -0.25) is 0 Å². The first kappa shape index (κ1) is 18.6. The van der Waals surface area contributed by atoms with E-state index in [2.05, 4.69) is 10.2 Å². The average molecular weight is 371 g/mol. The molecule has 0 aliphatic heterocycles. The monoisotopic (exact) mass is 371 g/mol. The predicted octanol–water partition coefficient (Wildman–Crippen LogP) is 1.04. The number of benzene rings is 1. The second kappa shape index (κ2) is 7.86. The van der Waals surface area contributed by atoms with Gasteiger partial charge in [0.15, 0.2) is 5.82 Å². The maximum Gasteiger partial charge on any atom is 0.213 e. The minimum Gasteiger partial charge on any atom is -0.497 e. The van der Waals surface area contributed by atoms with E-state index in [0.717, 1.165) is 11.3 Å². The molecule has 0 bridgehead atoms. The molecule has 0 atom stereocenters. The van der Waals surface area contributed by atoms with Crippen molar-refractivity contribution in [2.45, 2.75) is 11.6 Å². The van der Waals surface area contributed by atoms with Crippen molar-refractivity contribution >= 4 is 21.8 Å². The van der Waals surface area contributed by atoms with E-state index in [1.54, 1.807) is 7.11 Å². The molecule has 0 saturated carbocycles. The molecule has 0 fully saturated rings. The van der Waals surface area contributed by atoms with Crippen LogP contribution in [0.15, 0.2) is 29.4 Å². The fourth-order valence-electron chi connectivity index (χ4n) is 1.90. The molecule has 10 heteroatoms. The van der Waals surface area contributed by atoms with E-state index >= 15 is 0 Å². The number of ether oxygens (including phenoxy) is 1. The molecule has 1 aromatic carbocycles. The van der Waals surface area contributed by atoms with Gasteiger partial charge in [0, 0.05) is 25.4 Å². The van der Waals surface area contributed by atoms with E-state index in [-0.39, 0.29) is 5.75 Å². The molecule has 0 unspecified atom stereocenters. The van der Waals surface area contributed by atoms with Gasteiger partial charge in [0.25, 0.3) is 0 Å². The van der Waals surface area contributed by atoms with Gasteiger partial charge in [-0.25, -0.2) is 17.4 Å². The molecular formula is C14H21N5O3S2. The van der Waals surface area contributed by atoms with Crippen molar-refractivity contribution in [3.05, 3.63) is 24.3 Å². The van der Waals surface area contributed by atoms with Crippen LogP contribution in [-0.4, -0.2) is 60.3 Å². The van der Waals surface area contributed by atoms with Crippen molar-refractivity contribution < 1.29 is 13.2 Å². The Labute approximate surface area is 146 Å². The second-order valence-corrected chi connectivity index (χ2v) is 8.57. The largest absolute Gasteiger partial charge is 0.497 e. The van der Waals surface area contributed by atoms with Gasteiger partial charge in [-0.1, -0.05) is 11.8 Å². The summed E-state index contributed by atoms with van der Waals surface area (Å²) >= 11 is 1.38. The van der Waals surface area contributed by atoms with E-state index < -0.39 is 10.0 Å². The highest BCUT2D eigenvalue weighted by atomic mass is 32.2. The number of hydrogen-bond acceptors (Lipinski definition) is 7. The molecule has 0 spiro atoms. The van der Waals surface area contributed by atoms with E-state index in [4.69, 9.17) is 10.6 Å². The lowest BCUT2D eigenvalue weighted by Gasteiger charge is -2.10. The molecule has 2 aromatic rings. The minimum atomic E-state index is -3.17. The van der Waals surface area contributed by atoms with Crippen molar-refractivity contribution in [2.75, 3.05) is 38.6 Å². The van der Waals surface area contributed by atoms with Crippen molar-refractivity contribution in [2.24, 2.45) is 0 Å². The van der Waals surface area contributed by atoms with Gasteiger partial charge in [0.1, 0.15) is 5.75 Å². The molecule has 132 valence electrons. The van der Waals surface area contributed by atoms with Crippen LogP contribution >= 0.6 is 11.8 Å². The maximum absolute atomic E-state index is 11.7. The third kappa shape index (κ3) is 4.40. The highest BCUT2D eigenvalue weighted by Gasteiger charge is 2.15. The number of nitrogens with zero attached hydrogens (tertiary/aromatic N) is 4. The molecule has 0 aliphatic carbocycles. The summed E-state index contributed by atoms with van der Waals surface area (Å²) in [5, 5.41) is 8.71. The fourth-order valence-corrected chi connectivity index (χ4v) is 3.75. The summed E-state index contributed by atoms with van der Waals surface area (Å²) in [5.41, 5.74) is 0.827. The van der Waals surface area contributed by atoms with Crippen LogP contribution in [0.2, 0.25) is 0 Å². The van der Waals surface area contributed by atoms with Crippen molar-refractivity contribution in [1.82, 2.24) is 19.2 Å². The smallest absolute Gasteiger partial charge is 0.213 e. The van der Waals surface area contributed by atoms with Crippen molar-refractivity contribution in [3.63, 3.8) is 0 Å². The summed E-state index contributed by atoms with van der Waals surface area (Å²) in [6.45, 7) is 0. The summed E-state index contributed by atoms with van der Waals surface area (Å²) in [6, 6.07) is 7.35. The second-order valence-electron chi connectivity index (χ2n) is 5.21. The Morgan fingerprint density at radius 3 is 2.50 bits per heavy atom. The normalized spacial score (nSPS) is 11.8. The number of aromatic nitrogens is 3. The maximum atomic E-state index is 11.7. The Morgan fingerprint density at radius 2 is 1.92 bits per heavy atom. The molecule has 2 rings (SSSR count). The minimum absolute atomic E-state index is 0.0943. The number of hydrogen-bond donors (Lipinski definition) is 1. The topological polar surface area (TPSA) is 103 Å². The van der Waals surface area contributed by atoms with Gasteiger partial charge in [0.05, 0.1) is 12.9 Å². The third-order valence-corrected chi connectivity index (χ3v) is 6.29. The van der Waals surface area contributed by atoms with Crippen molar-refractivity contribution in [3.8, 4) is 17.1 Å². The lowest BCUT2D eigenvalue weighted by atomic mass is 10.2. The molecule has 8 nitrogen and oxygen atoms in total. The lowest BCUT2D eigenvalue weighted by Crippen LogP contribution is -2.25. The summed E-state index contributed by atoms with van der Waals surface area (Å²) < 4.78 is 31.2. The van der Waals surface area contributed by atoms with E-state index in [9.17, 15) is 8.42 Å². The Morgan fingerprint density at radius 1 is 1.25 bits per heavy atom. The van der Waals surface area contributed by atoms with Gasteiger partial charge in [-0.05, 0) is 30.7 Å². The first-order valence-corrected chi connectivity index (χ1v) is 9.82. The SMILES string of the molecule is COc1ccc(-c2nnc(SCCCS(=O)(=O)N(C)C)n2N)cc1. The zero-order chi connectivity index (χ0) is 17.7. The summed E-state index contributed by atoms with van der Waals surface area (Å²) in [5.74, 6) is 8.01. The molecule has 0 radical (unpaired) electrons. The molecular weight excluding hydrogens is 350 g/mol. The van der Waals surface area contributed by atoms with Gasteiger partial charge >= 0.3 is 0 Å². The van der Waals surface area contributed by atoms with Crippen LogP contribution in [0.5, 0.6) is 5.75 Å². The fraction of sp³-hybridized carbons (Fsp3) is 0.429. The first-order chi connectivity index (χ1) is 11.3. The van der Waals surface area contributed by atoms with Crippen LogP contribution in [-0.2, 0) is 10.0 Å². The van der Waals surface area contributed by atoms with Crippen LogP contribution in [0.3, 0.4) is 0 Å². The summed E-state index contributed by atoms with van der Waals surface area (Å²) in [7, 11) is 1.49. The zero-order valence-corrected chi connectivity index (χ0v) is 15.5. The summed E-state index contributed by atoms with van der Waals surface area (Å²) in [4.78, 5) is 0. The first-order valence-electron chi connectivity index (χ1n) is 7.23. The quantitative estimate of drug-likeness (QED) is 0.420. The van der Waals surface area contributed by atoms with Crippen molar-refractivity contribution in [1.29, 1.82) is 0 Å². The predicted molar refractivity (Wildman–Crippen MR) is 95.0 cm³/mol. The Hall–Kier alpha value is -1.78. The number of methoxy groups -OCH3 is 1. The Balaban J connectivity index is 1.97. The molecule has 24 heavy (non-hydrogen) atoms. The molecule has 0 aliphatic rings. The molecule has 1 heterocycles. The number of rotatable bonds is 8.